The number of nitrogens with zero attached hydrogens (tertiary/aromatic N) is 1. The molecule has 0 aromatic heterocycles. The standard InChI is InChI=1S/C9H18N2O2/c1-2-8(10)9(13)11-5-3-4-7(11)6-12/h7-8,12H,2-6,10H2,1H3/t7-,8?/m0/s1. The lowest BCUT2D eigenvalue weighted by Gasteiger charge is -2.25. The van der Waals surface area contributed by atoms with Crippen LogP contribution in [0.2, 0.25) is 0 Å². The summed E-state index contributed by atoms with van der Waals surface area (Å²) in [5.74, 6) is -0.0148. The van der Waals surface area contributed by atoms with Gasteiger partial charge >= 0.3 is 0 Å². The number of aliphatic hydroxyl groups excluding tert-OH is 1. The summed E-state index contributed by atoms with van der Waals surface area (Å²) in [5.41, 5.74) is 5.64. The second-order valence-corrected chi connectivity index (χ2v) is 3.52. The molecule has 1 aliphatic rings. The van der Waals surface area contributed by atoms with E-state index in [0.717, 1.165) is 19.4 Å². The second kappa shape index (κ2) is 4.58. The molecule has 1 unspecified atom stereocenters. The number of carbonyl (C=O) groups excluding carboxylic acids is 1. The predicted molar refractivity (Wildman–Crippen MR) is 50.1 cm³/mol. The molecular formula is C9H18N2O2. The maximum atomic E-state index is 11.6. The van der Waals surface area contributed by atoms with E-state index in [1.54, 1.807) is 4.90 Å². The molecule has 1 heterocycles. The quantitative estimate of drug-likeness (QED) is 0.636. The van der Waals surface area contributed by atoms with Crippen molar-refractivity contribution in [3.8, 4) is 0 Å². The zero-order valence-electron chi connectivity index (χ0n) is 8.07. The molecule has 4 nitrogen and oxygen atoms in total. The Balaban J connectivity index is 2.54. The van der Waals surface area contributed by atoms with Gasteiger partial charge in [0, 0.05) is 6.54 Å². The molecular weight excluding hydrogens is 168 g/mol. The third kappa shape index (κ3) is 2.19. The van der Waals surface area contributed by atoms with Gasteiger partial charge in [0.1, 0.15) is 0 Å². The zero-order valence-corrected chi connectivity index (χ0v) is 8.07. The largest absolute Gasteiger partial charge is 0.394 e. The molecule has 0 saturated carbocycles. The lowest BCUT2D eigenvalue weighted by atomic mass is 10.2. The van der Waals surface area contributed by atoms with E-state index in [1.165, 1.54) is 0 Å². The van der Waals surface area contributed by atoms with Crippen molar-refractivity contribution in [1.29, 1.82) is 0 Å². The van der Waals surface area contributed by atoms with Gasteiger partial charge in [0.2, 0.25) is 5.91 Å². The molecule has 0 bridgehead atoms. The first-order valence-corrected chi connectivity index (χ1v) is 4.87. The summed E-state index contributed by atoms with van der Waals surface area (Å²) in [6, 6.07) is -0.391. The highest BCUT2D eigenvalue weighted by molar-refractivity contribution is 5.82. The van der Waals surface area contributed by atoms with Crippen LogP contribution < -0.4 is 5.73 Å². The van der Waals surface area contributed by atoms with Crippen LogP contribution in [0.4, 0.5) is 0 Å². The molecule has 0 aliphatic carbocycles. The Kier molecular flexibility index (Phi) is 3.69. The molecule has 0 spiro atoms. The van der Waals surface area contributed by atoms with Crippen LogP contribution in [0, 0.1) is 0 Å². The van der Waals surface area contributed by atoms with E-state index in [1.807, 2.05) is 6.92 Å². The van der Waals surface area contributed by atoms with E-state index < -0.39 is 6.04 Å². The summed E-state index contributed by atoms with van der Waals surface area (Å²) in [6.45, 7) is 2.70. The molecule has 1 rings (SSSR count). The van der Waals surface area contributed by atoms with Crippen molar-refractivity contribution in [2.24, 2.45) is 5.73 Å². The summed E-state index contributed by atoms with van der Waals surface area (Å²) < 4.78 is 0. The Morgan fingerprint density at radius 2 is 2.46 bits per heavy atom. The van der Waals surface area contributed by atoms with E-state index in [-0.39, 0.29) is 18.6 Å². The molecule has 1 saturated heterocycles. The SMILES string of the molecule is CCC(N)C(=O)N1CCC[C@H]1CO. The van der Waals surface area contributed by atoms with Crippen molar-refractivity contribution < 1.29 is 9.90 Å². The summed E-state index contributed by atoms with van der Waals surface area (Å²) >= 11 is 0. The fourth-order valence-corrected chi connectivity index (χ4v) is 1.70. The molecule has 1 amide bonds. The normalized spacial score (nSPS) is 24.8. The van der Waals surface area contributed by atoms with Crippen LogP contribution in [-0.4, -0.2) is 41.1 Å². The van der Waals surface area contributed by atoms with E-state index in [9.17, 15) is 4.79 Å². The van der Waals surface area contributed by atoms with Crippen molar-refractivity contribution in [1.82, 2.24) is 4.90 Å². The van der Waals surface area contributed by atoms with Crippen molar-refractivity contribution in [3.63, 3.8) is 0 Å². The maximum absolute atomic E-state index is 11.6. The van der Waals surface area contributed by atoms with Gasteiger partial charge in [-0.3, -0.25) is 4.79 Å². The fraction of sp³-hybridized carbons (Fsp3) is 0.889. The van der Waals surface area contributed by atoms with Crippen LogP contribution in [0.1, 0.15) is 26.2 Å². The predicted octanol–water partition coefficient (Wildman–Crippen LogP) is -0.293. The number of amides is 1. The molecule has 1 aliphatic heterocycles. The number of likely N-dealkylation sites (tertiary alicyclic amines) is 1. The summed E-state index contributed by atoms with van der Waals surface area (Å²) in [7, 11) is 0. The van der Waals surface area contributed by atoms with Gasteiger partial charge in [-0.2, -0.15) is 0 Å². The highest BCUT2D eigenvalue weighted by atomic mass is 16.3. The van der Waals surface area contributed by atoms with Gasteiger partial charge in [0.15, 0.2) is 0 Å². The molecule has 2 atom stereocenters. The highest BCUT2D eigenvalue weighted by Gasteiger charge is 2.30. The van der Waals surface area contributed by atoms with E-state index in [0.29, 0.717) is 6.42 Å². The minimum Gasteiger partial charge on any atom is -0.394 e. The first-order chi connectivity index (χ1) is 6.20. The topological polar surface area (TPSA) is 66.6 Å². The lowest BCUT2D eigenvalue weighted by Crippen LogP contribution is -2.46. The zero-order chi connectivity index (χ0) is 9.84. The second-order valence-electron chi connectivity index (χ2n) is 3.52. The van der Waals surface area contributed by atoms with Crippen LogP contribution in [0.25, 0.3) is 0 Å². The number of carbonyl (C=O) groups is 1. The molecule has 0 radical (unpaired) electrons. The lowest BCUT2D eigenvalue weighted by molar-refractivity contribution is -0.134. The van der Waals surface area contributed by atoms with Gasteiger partial charge in [-0.05, 0) is 19.3 Å². The molecule has 0 aromatic carbocycles. The smallest absolute Gasteiger partial charge is 0.239 e. The van der Waals surface area contributed by atoms with Gasteiger partial charge < -0.3 is 15.7 Å². The average molecular weight is 186 g/mol. The number of hydrogen-bond acceptors (Lipinski definition) is 3. The Bertz CT molecular complexity index is 184. The first-order valence-electron chi connectivity index (χ1n) is 4.87. The third-order valence-electron chi connectivity index (χ3n) is 2.63. The number of aliphatic hydroxyl groups is 1. The van der Waals surface area contributed by atoms with Crippen molar-refractivity contribution in [2.45, 2.75) is 38.3 Å². The number of rotatable bonds is 3. The van der Waals surface area contributed by atoms with Crippen LogP contribution in [-0.2, 0) is 4.79 Å². The Morgan fingerprint density at radius 1 is 1.77 bits per heavy atom. The van der Waals surface area contributed by atoms with Gasteiger partial charge in [-0.15, -0.1) is 0 Å². The summed E-state index contributed by atoms with van der Waals surface area (Å²) in [5, 5.41) is 9.01. The first kappa shape index (κ1) is 10.5. The third-order valence-corrected chi connectivity index (χ3v) is 2.63. The van der Waals surface area contributed by atoms with Crippen molar-refractivity contribution >= 4 is 5.91 Å². The Morgan fingerprint density at radius 3 is 3.00 bits per heavy atom. The summed E-state index contributed by atoms with van der Waals surface area (Å²) in [4.78, 5) is 13.4. The molecule has 1 fully saturated rings. The molecule has 13 heavy (non-hydrogen) atoms. The molecule has 0 aromatic rings. The van der Waals surface area contributed by atoms with Crippen molar-refractivity contribution in [2.75, 3.05) is 13.2 Å². The minimum absolute atomic E-state index is 0.00472. The minimum atomic E-state index is -0.396. The van der Waals surface area contributed by atoms with E-state index in [2.05, 4.69) is 0 Å². The van der Waals surface area contributed by atoms with Gasteiger partial charge in [0.25, 0.3) is 0 Å². The average Bonchev–Trinajstić information content (AvgIpc) is 2.62. The molecule has 76 valence electrons. The van der Waals surface area contributed by atoms with Crippen molar-refractivity contribution in [3.05, 3.63) is 0 Å². The Hall–Kier alpha value is -0.610. The Labute approximate surface area is 78.7 Å². The van der Waals surface area contributed by atoms with Crippen LogP contribution in [0.5, 0.6) is 0 Å². The van der Waals surface area contributed by atoms with Gasteiger partial charge in [-0.1, -0.05) is 6.92 Å². The maximum Gasteiger partial charge on any atom is 0.239 e. The highest BCUT2D eigenvalue weighted by Crippen LogP contribution is 2.17. The van der Waals surface area contributed by atoms with Crippen LogP contribution in [0.3, 0.4) is 0 Å². The number of nitrogens with two attached hydrogens (primary N) is 1. The summed E-state index contributed by atoms with van der Waals surface area (Å²) in [6.07, 6.45) is 2.54. The molecule has 4 heteroatoms. The van der Waals surface area contributed by atoms with E-state index >= 15 is 0 Å². The van der Waals surface area contributed by atoms with Gasteiger partial charge in [0.05, 0.1) is 18.7 Å². The monoisotopic (exact) mass is 186 g/mol. The van der Waals surface area contributed by atoms with Crippen LogP contribution >= 0.6 is 0 Å². The number of hydrogen-bond donors (Lipinski definition) is 2. The van der Waals surface area contributed by atoms with Gasteiger partial charge in [-0.25, -0.2) is 0 Å². The van der Waals surface area contributed by atoms with E-state index in [4.69, 9.17) is 10.8 Å². The van der Waals surface area contributed by atoms with Crippen LogP contribution in [0.15, 0.2) is 0 Å². The fourth-order valence-electron chi connectivity index (χ4n) is 1.70. The molecule has 3 N–H and O–H groups in total.